The van der Waals surface area contributed by atoms with Crippen LogP contribution in [0.2, 0.25) is 0 Å². The van der Waals surface area contributed by atoms with E-state index in [0.29, 0.717) is 18.9 Å². The number of carbonyl (C=O) groups is 1. The maximum Gasteiger partial charge on any atom is 0.220 e. The van der Waals surface area contributed by atoms with Crippen LogP contribution in [0, 0.1) is 5.92 Å². The Morgan fingerprint density at radius 1 is 1.17 bits per heavy atom. The molecule has 30 heavy (non-hydrogen) atoms. The first kappa shape index (κ1) is 20.4. The minimum Gasteiger partial charge on any atom is -0.490 e. The zero-order valence-electron chi connectivity index (χ0n) is 17.8. The van der Waals surface area contributed by atoms with Crippen LogP contribution in [0.5, 0.6) is 5.75 Å². The molecule has 3 aromatic rings. The van der Waals surface area contributed by atoms with Gasteiger partial charge in [-0.3, -0.25) is 9.20 Å². The van der Waals surface area contributed by atoms with Gasteiger partial charge in [-0.15, -0.1) is 10.2 Å². The summed E-state index contributed by atoms with van der Waals surface area (Å²) < 4.78 is 8.03. The second-order valence-electron chi connectivity index (χ2n) is 8.45. The first-order chi connectivity index (χ1) is 14.6. The summed E-state index contributed by atoms with van der Waals surface area (Å²) in [5.74, 6) is 1.89. The molecule has 0 bridgehead atoms. The Bertz CT molecular complexity index is 992. The van der Waals surface area contributed by atoms with Crippen LogP contribution in [-0.4, -0.2) is 26.6 Å². The maximum atomic E-state index is 12.7. The number of pyridine rings is 1. The summed E-state index contributed by atoms with van der Waals surface area (Å²) in [5, 5.41) is 11.7. The van der Waals surface area contributed by atoms with Crippen LogP contribution < -0.4 is 10.1 Å². The van der Waals surface area contributed by atoms with Gasteiger partial charge >= 0.3 is 0 Å². The van der Waals surface area contributed by atoms with Crippen molar-refractivity contribution in [1.29, 1.82) is 0 Å². The van der Waals surface area contributed by atoms with Crippen molar-refractivity contribution >= 4 is 11.6 Å². The molecule has 1 unspecified atom stereocenters. The highest BCUT2D eigenvalue weighted by atomic mass is 16.5. The molecule has 158 valence electrons. The van der Waals surface area contributed by atoms with Gasteiger partial charge < -0.3 is 10.1 Å². The lowest BCUT2D eigenvalue weighted by Crippen LogP contribution is -2.33. The summed E-state index contributed by atoms with van der Waals surface area (Å²) in [7, 11) is 0. The van der Waals surface area contributed by atoms with Crippen molar-refractivity contribution in [3.8, 4) is 5.75 Å². The van der Waals surface area contributed by atoms with E-state index in [9.17, 15) is 4.79 Å². The molecule has 1 atom stereocenters. The molecule has 1 amide bonds. The number of nitrogens with zero attached hydrogens (tertiary/aromatic N) is 3. The minimum atomic E-state index is -0.188. The lowest BCUT2D eigenvalue weighted by Gasteiger charge is -2.21. The van der Waals surface area contributed by atoms with E-state index in [0.717, 1.165) is 35.6 Å². The van der Waals surface area contributed by atoms with E-state index in [1.54, 1.807) is 0 Å². The number of fused-ring (bicyclic) bond motifs is 1. The lowest BCUT2D eigenvalue weighted by molar-refractivity contribution is -0.122. The van der Waals surface area contributed by atoms with Gasteiger partial charge in [0.15, 0.2) is 11.5 Å². The molecule has 6 heteroatoms. The number of nitrogens with one attached hydrogen (secondary N) is 1. The molecule has 2 heterocycles. The summed E-state index contributed by atoms with van der Waals surface area (Å²) in [4.78, 5) is 12.7. The van der Waals surface area contributed by atoms with Gasteiger partial charge in [-0.2, -0.15) is 0 Å². The van der Waals surface area contributed by atoms with Gasteiger partial charge in [0.25, 0.3) is 0 Å². The number of hydrogen-bond donors (Lipinski definition) is 1. The molecular weight excluding hydrogens is 376 g/mol. The van der Waals surface area contributed by atoms with E-state index < -0.39 is 0 Å². The summed E-state index contributed by atoms with van der Waals surface area (Å²) >= 11 is 0. The molecule has 1 aliphatic rings. The number of ether oxygens (including phenoxy) is 1. The first-order valence-corrected chi connectivity index (χ1v) is 10.9. The van der Waals surface area contributed by atoms with Crippen LogP contribution in [0.1, 0.15) is 63.4 Å². The number of benzene rings is 1. The third-order valence-corrected chi connectivity index (χ3v) is 5.75. The second-order valence-corrected chi connectivity index (χ2v) is 8.45. The van der Waals surface area contributed by atoms with Crippen molar-refractivity contribution in [3.05, 3.63) is 60.0 Å². The topological polar surface area (TPSA) is 68.5 Å². The molecule has 1 N–H and O–H groups in total. The third-order valence-electron chi connectivity index (χ3n) is 5.75. The highest BCUT2D eigenvalue weighted by Crippen LogP contribution is 2.25. The van der Waals surface area contributed by atoms with Gasteiger partial charge in [0.05, 0.1) is 12.1 Å². The molecule has 0 saturated heterocycles. The van der Waals surface area contributed by atoms with E-state index in [1.807, 2.05) is 40.9 Å². The Hall–Kier alpha value is -2.89. The van der Waals surface area contributed by atoms with Crippen LogP contribution in [0.4, 0.5) is 0 Å². The molecule has 1 saturated carbocycles. The SMILES string of the molecule is CC(C)C(NC(=O)CCc1cccc(OC2CCCC2)c1)c1nnc2ccccn12. The second kappa shape index (κ2) is 9.28. The fourth-order valence-corrected chi connectivity index (χ4v) is 4.08. The number of hydrogen-bond acceptors (Lipinski definition) is 4. The number of amides is 1. The fourth-order valence-electron chi connectivity index (χ4n) is 4.08. The molecule has 2 aromatic heterocycles. The normalized spacial score (nSPS) is 15.6. The van der Waals surface area contributed by atoms with Crippen LogP contribution >= 0.6 is 0 Å². The smallest absolute Gasteiger partial charge is 0.220 e. The predicted octanol–water partition coefficient (Wildman–Crippen LogP) is 4.50. The minimum absolute atomic E-state index is 0.0171. The van der Waals surface area contributed by atoms with E-state index in [-0.39, 0.29) is 17.9 Å². The molecule has 0 radical (unpaired) electrons. The average molecular weight is 407 g/mol. The molecule has 1 aromatic carbocycles. The Kier molecular flexibility index (Phi) is 6.31. The summed E-state index contributed by atoms with van der Waals surface area (Å²) in [5.41, 5.74) is 1.90. The molecule has 0 spiro atoms. The van der Waals surface area contributed by atoms with E-state index in [4.69, 9.17) is 4.74 Å². The van der Waals surface area contributed by atoms with Crippen molar-refractivity contribution in [2.24, 2.45) is 5.92 Å². The molecule has 1 fully saturated rings. The van der Waals surface area contributed by atoms with E-state index in [2.05, 4.69) is 41.5 Å². The van der Waals surface area contributed by atoms with Crippen LogP contribution in [0.3, 0.4) is 0 Å². The Balaban J connectivity index is 1.37. The molecule has 4 rings (SSSR count). The van der Waals surface area contributed by atoms with Crippen molar-refractivity contribution in [3.63, 3.8) is 0 Å². The maximum absolute atomic E-state index is 12.7. The highest BCUT2D eigenvalue weighted by Gasteiger charge is 2.23. The quantitative estimate of drug-likeness (QED) is 0.598. The zero-order valence-corrected chi connectivity index (χ0v) is 17.8. The Labute approximate surface area is 177 Å². The monoisotopic (exact) mass is 406 g/mol. The molecule has 6 nitrogen and oxygen atoms in total. The van der Waals surface area contributed by atoms with Crippen molar-refractivity contribution < 1.29 is 9.53 Å². The predicted molar refractivity (Wildman–Crippen MR) is 116 cm³/mol. The van der Waals surface area contributed by atoms with Gasteiger partial charge in [-0.1, -0.05) is 32.0 Å². The van der Waals surface area contributed by atoms with E-state index in [1.165, 1.54) is 12.8 Å². The van der Waals surface area contributed by atoms with Crippen molar-refractivity contribution in [2.75, 3.05) is 0 Å². The number of aryl methyl sites for hydroxylation is 1. The average Bonchev–Trinajstić information content (AvgIpc) is 3.40. The largest absolute Gasteiger partial charge is 0.490 e. The number of rotatable bonds is 8. The number of aromatic nitrogens is 3. The Morgan fingerprint density at radius 3 is 2.80 bits per heavy atom. The highest BCUT2D eigenvalue weighted by molar-refractivity contribution is 5.76. The van der Waals surface area contributed by atoms with Gasteiger partial charge in [0.1, 0.15) is 5.75 Å². The molecule has 1 aliphatic carbocycles. The third kappa shape index (κ3) is 4.81. The van der Waals surface area contributed by atoms with Gasteiger partial charge in [0.2, 0.25) is 5.91 Å². The number of carbonyl (C=O) groups excluding carboxylic acids is 1. The van der Waals surface area contributed by atoms with Crippen LogP contribution in [0.25, 0.3) is 5.65 Å². The molecule has 0 aliphatic heterocycles. The van der Waals surface area contributed by atoms with Gasteiger partial charge in [-0.25, -0.2) is 0 Å². The molecular formula is C24H30N4O2. The van der Waals surface area contributed by atoms with Crippen molar-refractivity contribution in [1.82, 2.24) is 19.9 Å². The van der Waals surface area contributed by atoms with Crippen molar-refractivity contribution in [2.45, 2.75) is 64.5 Å². The standard InChI is InChI=1S/C24H30N4O2/c1-17(2)23(24-27-26-21-12-5-6-15-28(21)24)25-22(29)14-13-18-8-7-11-20(16-18)30-19-9-3-4-10-19/h5-8,11-12,15-17,19,23H,3-4,9-10,13-14H2,1-2H3,(H,25,29). The Morgan fingerprint density at radius 2 is 2.00 bits per heavy atom. The zero-order chi connectivity index (χ0) is 20.9. The van der Waals surface area contributed by atoms with E-state index >= 15 is 0 Å². The summed E-state index contributed by atoms with van der Waals surface area (Å²) in [6.07, 6.45) is 8.16. The lowest BCUT2D eigenvalue weighted by atomic mass is 10.0. The van der Waals surface area contributed by atoms with Crippen LogP contribution in [0.15, 0.2) is 48.7 Å². The summed E-state index contributed by atoms with van der Waals surface area (Å²) in [6, 6.07) is 13.7. The van der Waals surface area contributed by atoms with Crippen LogP contribution in [-0.2, 0) is 11.2 Å². The van der Waals surface area contributed by atoms with Gasteiger partial charge in [-0.05, 0) is 67.9 Å². The van der Waals surface area contributed by atoms with Gasteiger partial charge in [0, 0.05) is 12.6 Å². The summed E-state index contributed by atoms with van der Waals surface area (Å²) in [6.45, 7) is 4.16. The first-order valence-electron chi connectivity index (χ1n) is 10.9. The fraction of sp³-hybridized carbons (Fsp3) is 0.458.